The summed E-state index contributed by atoms with van der Waals surface area (Å²) >= 11 is 0. The summed E-state index contributed by atoms with van der Waals surface area (Å²) in [7, 11) is 0. The summed E-state index contributed by atoms with van der Waals surface area (Å²) in [5, 5.41) is 13.9. The average molecular weight is 366 g/mol. The lowest BCUT2D eigenvalue weighted by Gasteiger charge is -2.38. The van der Waals surface area contributed by atoms with E-state index in [1.807, 2.05) is 39.0 Å². The molecule has 0 bridgehead atoms. The van der Waals surface area contributed by atoms with Gasteiger partial charge in [0.25, 0.3) is 5.69 Å². The van der Waals surface area contributed by atoms with Crippen LogP contribution in [-0.2, 0) is 4.79 Å². The number of benzene rings is 2. The van der Waals surface area contributed by atoms with Crippen LogP contribution in [0.2, 0.25) is 0 Å². The molecule has 1 aliphatic heterocycles. The number of hydrogen-bond acceptors (Lipinski definition) is 4. The van der Waals surface area contributed by atoms with Crippen LogP contribution in [0.15, 0.2) is 48.5 Å². The molecule has 6 heteroatoms. The summed E-state index contributed by atoms with van der Waals surface area (Å²) in [4.78, 5) is 22.8. The maximum Gasteiger partial charge on any atom is 0.270 e. The summed E-state index contributed by atoms with van der Waals surface area (Å²) < 4.78 is 6.04. The van der Waals surface area contributed by atoms with Gasteiger partial charge in [-0.25, -0.2) is 0 Å². The number of non-ortho nitro benzene ring substituents is 1. The van der Waals surface area contributed by atoms with Gasteiger partial charge in [-0.1, -0.05) is 24.3 Å². The lowest BCUT2D eigenvalue weighted by atomic mass is 9.89. The average Bonchev–Trinajstić information content (AvgIpc) is 2.58. The lowest BCUT2D eigenvalue weighted by molar-refractivity contribution is -0.384. The van der Waals surface area contributed by atoms with E-state index in [9.17, 15) is 14.9 Å². The Balaban J connectivity index is 1.76. The molecule has 0 saturated carbocycles. The maximum absolute atomic E-state index is 12.4. The van der Waals surface area contributed by atoms with Gasteiger partial charge in [0.2, 0.25) is 5.91 Å². The van der Waals surface area contributed by atoms with Crippen molar-refractivity contribution in [2.45, 2.75) is 38.8 Å². The number of fused-ring (bicyclic) bond motifs is 1. The van der Waals surface area contributed by atoms with E-state index in [1.54, 1.807) is 18.2 Å². The Bertz CT molecular complexity index is 918. The van der Waals surface area contributed by atoms with Crippen LogP contribution in [0.5, 0.6) is 5.75 Å². The number of carbonyl (C=O) groups excluding carboxylic acids is 1. The van der Waals surface area contributed by atoms with Crippen molar-refractivity contribution in [3.8, 4) is 5.75 Å². The Labute approximate surface area is 158 Å². The molecule has 1 heterocycles. The van der Waals surface area contributed by atoms with Gasteiger partial charge in [0.05, 0.1) is 11.0 Å². The molecule has 0 spiro atoms. The van der Waals surface area contributed by atoms with Gasteiger partial charge in [-0.15, -0.1) is 0 Å². The zero-order valence-corrected chi connectivity index (χ0v) is 15.6. The van der Waals surface area contributed by atoms with Crippen molar-refractivity contribution in [1.82, 2.24) is 5.32 Å². The minimum Gasteiger partial charge on any atom is -0.487 e. The van der Waals surface area contributed by atoms with Gasteiger partial charge in [0.15, 0.2) is 0 Å². The molecule has 140 valence electrons. The van der Waals surface area contributed by atoms with E-state index < -0.39 is 4.92 Å². The molecule has 1 amide bonds. The molecule has 1 atom stereocenters. The number of nitrogens with zero attached hydrogens (tertiary/aromatic N) is 1. The van der Waals surface area contributed by atoms with Gasteiger partial charge < -0.3 is 10.1 Å². The molecule has 2 aromatic carbocycles. The first-order chi connectivity index (χ1) is 12.7. The molecule has 0 radical (unpaired) electrons. The van der Waals surface area contributed by atoms with Crippen LogP contribution in [0.1, 0.15) is 43.0 Å². The van der Waals surface area contributed by atoms with E-state index in [1.165, 1.54) is 18.2 Å². The van der Waals surface area contributed by atoms with Gasteiger partial charge in [-0.2, -0.15) is 0 Å². The largest absolute Gasteiger partial charge is 0.487 e. The predicted octanol–water partition coefficient (Wildman–Crippen LogP) is 4.34. The van der Waals surface area contributed by atoms with Crippen LogP contribution in [0, 0.1) is 17.0 Å². The molecule has 0 saturated heterocycles. The van der Waals surface area contributed by atoms with Crippen LogP contribution >= 0.6 is 0 Å². The number of nitro groups is 1. The van der Waals surface area contributed by atoms with Gasteiger partial charge >= 0.3 is 0 Å². The first-order valence-electron chi connectivity index (χ1n) is 8.76. The Morgan fingerprint density at radius 3 is 2.81 bits per heavy atom. The van der Waals surface area contributed by atoms with Crippen LogP contribution in [0.25, 0.3) is 6.08 Å². The van der Waals surface area contributed by atoms with E-state index in [2.05, 4.69) is 5.32 Å². The van der Waals surface area contributed by atoms with Gasteiger partial charge in [-0.05, 0) is 44.0 Å². The van der Waals surface area contributed by atoms with E-state index >= 15 is 0 Å². The van der Waals surface area contributed by atoms with Crippen LogP contribution < -0.4 is 10.1 Å². The van der Waals surface area contributed by atoms with Crippen LogP contribution in [0.3, 0.4) is 0 Å². The zero-order valence-electron chi connectivity index (χ0n) is 15.6. The number of ether oxygens (including phenoxy) is 1. The third-order valence-electron chi connectivity index (χ3n) is 4.45. The number of rotatable bonds is 4. The molecular weight excluding hydrogens is 344 g/mol. The summed E-state index contributed by atoms with van der Waals surface area (Å²) in [5.41, 5.74) is 2.26. The highest BCUT2D eigenvalue weighted by Gasteiger charge is 2.34. The predicted molar refractivity (Wildman–Crippen MR) is 104 cm³/mol. The molecular formula is C21H22N2O4. The number of nitrogens with one attached hydrogen (secondary N) is 1. The van der Waals surface area contributed by atoms with Crippen molar-refractivity contribution < 1.29 is 14.5 Å². The molecule has 6 nitrogen and oxygen atoms in total. The van der Waals surface area contributed by atoms with Crippen molar-refractivity contribution in [3.63, 3.8) is 0 Å². The monoisotopic (exact) mass is 366 g/mol. The van der Waals surface area contributed by atoms with Gasteiger partial charge in [-0.3, -0.25) is 14.9 Å². The molecule has 27 heavy (non-hydrogen) atoms. The molecule has 3 rings (SSSR count). The smallest absolute Gasteiger partial charge is 0.270 e. The maximum atomic E-state index is 12.4. The van der Waals surface area contributed by atoms with E-state index in [0.717, 1.165) is 16.9 Å². The number of nitro benzene ring substituents is 1. The van der Waals surface area contributed by atoms with E-state index in [-0.39, 0.29) is 23.2 Å². The Hall–Kier alpha value is -3.15. The Kier molecular flexibility index (Phi) is 4.99. The minimum absolute atomic E-state index is 0.00645. The summed E-state index contributed by atoms with van der Waals surface area (Å²) in [6, 6.07) is 12.0. The third-order valence-corrected chi connectivity index (χ3v) is 4.45. The Morgan fingerprint density at radius 2 is 2.07 bits per heavy atom. The highest BCUT2D eigenvalue weighted by Crippen LogP contribution is 2.39. The topological polar surface area (TPSA) is 81.5 Å². The summed E-state index contributed by atoms with van der Waals surface area (Å²) in [6.07, 6.45) is 3.62. The van der Waals surface area contributed by atoms with E-state index in [0.29, 0.717) is 12.0 Å². The fourth-order valence-electron chi connectivity index (χ4n) is 3.22. The molecule has 1 N–H and O–H groups in total. The minimum atomic E-state index is -0.458. The first-order valence-corrected chi connectivity index (χ1v) is 8.76. The fourth-order valence-corrected chi connectivity index (χ4v) is 3.22. The molecule has 0 aromatic heterocycles. The third kappa shape index (κ3) is 4.53. The molecule has 1 aliphatic rings. The molecule has 0 aliphatic carbocycles. The first kappa shape index (κ1) is 18.6. The number of carbonyl (C=O) groups is 1. The second-order valence-electron chi connectivity index (χ2n) is 7.35. The van der Waals surface area contributed by atoms with Crippen LogP contribution in [-0.4, -0.2) is 16.4 Å². The summed E-state index contributed by atoms with van der Waals surface area (Å²) in [5.74, 6) is 0.537. The van der Waals surface area contributed by atoms with E-state index in [4.69, 9.17) is 4.74 Å². The standard InChI is InChI=1S/C21H22N2O4/c1-14-7-9-17-18(13-21(2,3)27-19(17)11-14)22-20(24)10-8-15-5-4-6-16(12-15)23(25)26/h4-12,18H,13H2,1-3H3,(H,22,24)/b10-8+/t18-/m1/s1. The molecule has 0 unspecified atom stereocenters. The summed E-state index contributed by atoms with van der Waals surface area (Å²) in [6.45, 7) is 5.99. The second-order valence-corrected chi connectivity index (χ2v) is 7.35. The Morgan fingerprint density at radius 1 is 1.30 bits per heavy atom. The quantitative estimate of drug-likeness (QED) is 0.496. The van der Waals surface area contributed by atoms with Crippen molar-refractivity contribution in [2.75, 3.05) is 0 Å². The van der Waals surface area contributed by atoms with Crippen LogP contribution in [0.4, 0.5) is 5.69 Å². The molecule has 2 aromatic rings. The molecule has 0 fully saturated rings. The normalized spacial score (nSPS) is 17.8. The SMILES string of the molecule is Cc1ccc2c(c1)OC(C)(C)C[C@H]2NC(=O)/C=C/c1cccc([N+](=O)[O-])c1. The zero-order chi connectivity index (χ0) is 19.6. The number of aryl methyl sites for hydroxylation is 1. The number of amides is 1. The lowest BCUT2D eigenvalue weighted by Crippen LogP contribution is -2.40. The van der Waals surface area contributed by atoms with Gasteiger partial charge in [0, 0.05) is 30.2 Å². The van der Waals surface area contributed by atoms with Gasteiger partial charge in [0.1, 0.15) is 11.4 Å². The fraction of sp³-hybridized carbons (Fsp3) is 0.286. The van der Waals surface area contributed by atoms with Crippen molar-refractivity contribution in [2.24, 2.45) is 0 Å². The van der Waals surface area contributed by atoms with Crippen molar-refractivity contribution in [1.29, 1.82) is 0 Å². The highest BCUT2D eigenvalue weighted by atomic mass is 16.6. The second kappa shape index (κ2) is 7.23. The van der Waals surface area contributed by atoms with Crippen molar-refractivity contribution >= 4 is 17.7 Å². The van der Waals surface area contributed by atoms with Crippen molar-refractivity contribution in [3.05, 3.63) is 75.3 Å². The number of hydrogen-bond donors (Lipinski definition) is 1. The highest BCUT2D eigenvalue weighted by molar-refractivity contribution is 5.92.